The highest BCUT2D eigenvalue weighted by molar-refractivity contribution is 6.30. The second-order valence-electron chi connectivity index (χ2n) is 6.39. The van der Waals surface area contributed by atoms with Crippen molar-refractivity contribution in [2.75, 3.05) is 4.90 Å². The van der Waals surface area contributed by atoms with Crippen LogP contribution in [-0.2, 0) is 6.54 Å². The Morgan fingerprint density at radius 2 is 1.91 bits per heavy atom. The van der Waals surface area contributed by atoms with Crippen LogP contribution >= 0.6 is 11.6 Å². The zero-order valence-corrected chi connectivity index (χ0v) is 14.1. The van der Waals surface area contributed by atoms with E-state index in [4.69, 9.17) is 11.6 Å². The van der Waals surface area contributed by atoms with Crippen LogP contribution in [0.2, 0.25) is 5.02 Å². The summed E-state index contributed by atoms with van der Waals surface area (Å²) in [5.74, 6) is 0. The summed E-state index contributed by atoms with van der Waals surface area (Å²) < 4.78 is 2.30. The Morgan fingerprint density at radius 3 is 2.70 bits per heavy atom. The number of benzene rings is 2. The molecule has 1 aliphatic rings. The monoisotopic (exact) mass is 322 g/mol. The fourth-order valence-corrected chi connectivity index (χ4v) is 3.56. The van der Waals surface area contributed by atoms with E-state index in [1.165, 1.54) is 22.2 Å². The van der Waals surface area contributed by atoms with Crippen LogP contribution in [0.15, 0.2) is 55.2 Å². The molecule has 0 fully saturated rings. The van der Waals surface area contributed by atoms with Gasteiger partial charge >= 0.3 is 0 Å². The van der Waals surface area contributed by atoms with E-state index in [1.54, 1.807) is 0 Å². The van der Waals surface area contributed by atoms with Gasteiger partial charge in [-0.15, -0.1) is 0 Å². The Balaban J connectivity index is 1.75. The smallest absolute Gasteiger partial charge is 0.0488 e. The Bertz CT molecular complexity index is 921. The first-order chi connectivity index (χ1) is 11.0. The molecule has 0 N–H and O–H groups in total. The van der Waals surface area contributed by atoms with Gasteiger partial charge in [-0.2, -0.15) is 0 Å². The van der Waals surface area contributed by atoms with E-state index in [2.05, 4.69) is 66.4 Å². The lowest BCUT2D eigenvalue weighted by molar-refractivity contribution is 0.623. The number of fused-ring (bicyclic) bond motifs is 2. The van der Waals surface area contributed by atoms with Crippen molar-refractivity contribution in [2.24, 2.45) is 0 Å². The summed E-state index contributed by atoms with van der Waals surface area (Å²) in [5, 5.41) is 2.02. The lowest BCUT2D eigenvalue weighted by atomic mass is 10.1. The number of nitrogens with zero attached hydrogens (tertiary/aromatic N) is 2. The van der Waals surface area contributed by atoms with Gasteiger partial charge in [0.1, 0.15) is 0 Å². The second kappa shape index (κ2) is 5.17. The van der Waals surface area contributed by atoms with Crippen LogP contribution in [0.5, 0.6) is 0 Å². The third-order valence-electron chi connectivity index (χ3n) is 4.61. The Labute approximate surface area is 141 Å². The van der Waals surface area contributed by atoms with Crippen molar-refractivity contribution < 1.29 is 0 Å². The van der Waals surface area contributed by atoms with E-state index in [1.807, 2.05) is 12.1 Å². The maximum absolute atomic E-state index is 6.13. The summed E-state index contributed by atoms with van der Waals surface area (Å²) in [5.41, 5.74) is 5.90. The summed E-state index contributed by atoms with van der Waals surface area (Å²) in [7, 11) is 0. The molecule has 2 aromatic carbocycles. The van der Waals surface area contributed by atoms with Crippen LogP contribution in [0.1, 0.15) is 31.0 Å². The van der Waals surface area contributed by atoms with Gasteiger partial charge in [-0.1, -0.05) is 24.2 Å². The zero-order valence-electron chi connectivity index (χ0n) is 13.4. The van der Waals surface area contributed by atoms with Crippen molar-refractivity contribution in [3.8, 4) is 0 Å². The summed E-state index contributed by atoms with van der Waals surface area (Å²) in [6, 6.07) is 15.3. The molecule has 3 heteroatoms. The Morgan fingerprint density at radius 1 is 1.09 bits per heavy atom. The van der Waals surface area contributed by atoms with Crippen LogP contribution in [0.3, 0.4) is 0 Å². The van der Waals surface area contributed by atoms with Gasteiger partial charge in [0.05, 0.1) is 0 Å². The molecule has 23 heavy (non-hydrogen) atoms. The summed E-state index contributed by atoms with van der Waals surface area (Å²) in [4.78, 5) is 2.26. The molecule has 0 aliphatic carbocycles. The molecule has 0 saturated carbocycles. The molecule has 4 rings (SSSR count). The molecule has 0 spiro atoms. The maximum atomic E-state index is 6.13. The minimum atomic E-state index is 0.464. The van der Waals surface area contributed by atoms with E-state index in [0.717, 1.165) is 22.8 Å². The SMILES string of the molecule is C=C1c2cc(Cl)ccc2CN1c1ccc2c(ccn2C(C)C)c1. The molecule has 2 nitrogen and oxygen atoms in total. The van der Waals surface area contributed by atoms with Gasteiger partial charge in [0.25, 0.3) is 0 Å². The van der Waals surface area contributed by atoms with E-state index in [0.29, 0.717) is 6.04 Å². The van der Waals surface area contributed by atoms with E-state index >= 15 is 0 Å². The fourth-order valence-electron chi connectivity index (χ4n) is 3.38. The number of aromatic nitrogens is 1. The van der Waals surface area contributed by atoms with E-state index in [9.17, 15) is 0 Å². The van der Waals surface area contributed by atoms with Gasteiger partial charge < -0.3 is 9.47 Å². The minimum absolute atomic E-state index is 0.464. The summed E-state index contributed by atoms with van der Waals surface area (Å²) >= 11 is 6.13. The quantitative estimate of drug-likeness (QED) is 0.573. The van der Waals surface area contributed by atoms with Crippen molar-refractivity contribution in [2.45, 2.75) is 26.4 Å². The van der Waals surface area contributed by atoms with Gasteiger partial charge in [0.2, 0.25) is 0 Å². The van der Waals surface area contributed by atoms with Crippen molar-refractivity contribution >= 4 is 33.9 Å². The maximum Gasteiger partial charge on any atom is 0.0488 e. The molecule has 0 amide bonds. The molecule has 3 aromatic rings. The second-order valence-corrected chi connectivity index (χ2v) is 6.83. The Kier molecular flexibility index (Phi) is 3.24. The number of halogens is 1. The molecular weight excluding hydrogens is 304 g/mol. The van der Waals surface area contributed by atoms with Gasteiger partial charge in [-0.3, -0.25) is 0 Å². The van der Waals surface area contributed by atoms with Crippen LogP contribution in [0.25, 0.3) is 16.6 Å². The normalized spacial score (nSPS) is 14.1. The zero-order chi connectivity index (χ0) is 16.1. The lowest BCUT2D eigenvalue weighted by Crippen LogP contribution is -2.12. The Hall–Kier alpha value is -2.19. The van der Waals surface area contributed by atoms with Crippen molar-refractivity contribution in [1.29, 1.82) is 0 Å². The first-order valence-corrected chi connectivity index (χ1v) is 8.28. The third kappa shape index (κ3) is 2.25. The first kappa shape index (κ1) is 14.4. The van der Waals surface area contributed by atoms with Crippen LogP contribution in [-0.4, -0.2) is 4.57 Å². The number of hydrogen-bond acceptors (Lipinski definition) is 1. The van der Waals surface area contributed by atoms with Crippen molar-refractivity contribution in [1.82, 2.24) is 4.57 Å². The van der Waals surface area contributed by atoms with Gasteiger partial charge in [-0.05, 0) is 55.8 Å². The molecule has 1 aliphatic heterocycles. The molecule has 0 bridgehead atoms. The number of anilines is 1. The highest BCUT2D eigenvalue weighted by atomic mass is 35.5. The topological polar surface area (TPSA) is 8.17 Å². The number of hydrogen-bond donors (Lipinski definition) is 0. The minimum Gasteiger partial charge on any atom is -0.345 e. The van der Waals surface area contributed by atoms with Gasteiger partial charge in [-0.25, -0.2) is 0 Å². The summed E-state index contributed by atoms with van der Waals surface area (Å²) in [6.07, 6.45) is 2.16. The van der Waals surface area contributed by atoms with Gasteiger partial charge in [0, 0.05) is 51.7 Å². The molecule has 2 heterocycles. The molecule has 116 valence electrons. The fraction of sp³-hybridized carbons (Fsp3) is 0.200. The average Bonchev–Trinajstić information content (AvgIpc) is 3.08. The standard InChI is InChI=1S/C20H19ClN2/c1-13(2)22-9-8-15-10-18(6-7-20(15)22)23-12-16-4-5-17(21)11-19(16)14(23)3/h4-11,13H,3,12H2,1-2H3. The van der Waals surface area contributed by atoms with Crippen LogP contribution < -0.4 is 4.90 Å². The summed E-state index contributed by atoms with van der Waals surface area (Å²) in [6.45, 7) is 9.53. The lowest BCUT2D eigenvalue weighted by Gasteiger charge is -2.20. The predicted molar refractivity (Wildman–Crippen MR) is 99.0 cm³/mol. The van der Waals surface area contributed by atoms with E-state index < -0.39 is 0 Å². The van der Waals surface area contributed by atoms with Gasteiger partial charge in [0.15, 0.2) is 0 Å². The molecule has 0 radical (unpaired) electrons. The van der Waals surface area contributed by atoms with Crippen molar-refractivity contribution in [3.05, 3.63) is 71.4 Å². The number of rotatable bonds is 2. The third-order valence-corrected chi connectivity index (χ3v) is 4.84. The highest BCUT2D eigenvalue weighted by Crippen LogP contribution is 2.38. The van der Waals surface area contributed by atoms with Crippen LogP contribution in [0.4, 0.5) is 5.69 Å². The molecule has 0 atom stereocenters. The molecular formula is C20H19ClN2. The first-order valence-electron chi connectivity index (χ1n) is 7.90. The molecule has 1 aromatic heterocycles. The predicted octanol–water partition coefficient (Wildman–Crippen LogP) is 5.87. The largest absolute Gasteiger partial charge is 0.345 e. The average molecular weight is 323 g/mol. The molecule has 0 saturated heterocycles. The van der Waals surface area contributed by atoms with Crippen molar-refractivity contribution in [3.63, 3.8) is 0 Å². The highest BCUT2D eigenvalue weighted by Gasteiger charge is 2.24. The van der Waals surface area contributed by atoms with E-state index in [-0.39, 0.29) is 0 Å². The van der Waals surface area contributed by atoms with Crippen LogP contribution in [0, 0.1) is 0 Å². The molecule has 0 unspecified atom stereocenters.